The summed E-state index contributed by atoms with van der Waals surface area (Å²) in [4.78, 5) is 0. The summed E-state index contributed by atoms with van der Waals surface area (Å²) in [6.45, 7) is 3.74. The molecule has 0 aliphatic carbocycles. The van der Waals surface area contributed by atoms with E-state index < -0.39 is 5.54 Å². The van der Waals surface area contributed by atoms with Crippen LogP contribution in [0.1, 0.15) is 19.4 Å². The number of hydrogen-bond acceptors (Lipinski definition) is 4. The number of aliphatic hydroxyl groups is 1. The van der Waals surface area contributed by atoms with Crippen LogP contribution in [0.15, 0.2) is 30.3 Å². The molecule has 1 aromatic rings. The van der Waals surface area contributed by atoms with E-state index in [1.807, 2.05) is 37.3 Å². The van der Waals surface area contributed by atoms with Gasteiger partial charge in [-0.2, -0.15) is 17.0 Å². The lowest BCUT2D eigenvalue weighted by molar-refractivity contribution is 0.196. The molecule has 3 atom stereocenters. The van der Waals surface area contributed by atoms with Crippen LogP contribution < -0.4 is 5.32 Å². The average molecular weight is 264 g/mol. The Morgan fingerprint density at radius 2 is 2.00 bits per heavy atom. The molecular weight excluding hydrogens is 244 g/mol. The van der Waals surface area contributed by atoms with Gasteiger partial charge in [-0.3, -0.25) is 5.32 Å². The highest BCUT2D eigenvalue weighted by molar-refractivity contribution is 8.00. The molecule has 0 bridgehead atoms. The van der Waals surface area contributed by atoms with Crippen LogP contribution in [0.3, 0.4) is 0 Å². The van der Waals surface area contributed by atoms with Crippen molar-refractivity contribution < 1.29 is 5.11 Å². The van der Waals surface area contributed by atoms with Crippen molar-refractivity contribution in [3.05, 3.63) is 35.9 Å². The summed E-state index contributed by atoms with van der Waals surface area (Å²) in [5.41, 5.74) is 0.259. The van der Waals surface area contributed by atoms with Crippen molar-refractivity contribution in [1.29, 1.82) is 5.26 Å². The van der Waals surface area contributed by atoms with Gasteiger partial charge in [-0.1, -0.05) is 37.3 Å². The van der Waals surface area contributed by atoms with E-state index in [0.717, 1.165) is 5.56 Å². The summed E-state index contributed by atoms with van der Waals surface area (Å²) >= 11 is 1.60. The number of nitrogens with zero attached hydrogens (tertiary/aromatic N) is 1. The van der Waals surface area contributed by atoms with Crippen LogP contribution in [0.5, 0.6) is 0 Å². The molecule has 1 rings (SSSR count). The minimum Gasteiger partial charge on any atom is -0.392 e. The first-order chi connectivity index (χ1) is 8.55. The van der Waals surface area contributed by atoms with Crippen LogP contribution in [0.2, 0.25) is 0 Å². The fraction of sp³-hybridized carbons (Fsp3) is 0.500. The molecule has 0 aliphatic rings. The van der Waals surface area contributed by atoms with Gasteiger partial charge >= 0.3 is 0 Å². The van der Waals surface area contributed by atoms with Crippen molar-refractivity contribution in [2.45, 2.75) is 30.7 Å². The van der Waals surface area contributed by atoms with Gasteiger partial charge in [0.15, 0.2) is 0 Å². The Labute approximate surface area is 113 Å². The molecule has 2 N–H and O–H groups in total. The summed E-state index contributed by atoms with van der Waals surface area (Å²) in [6, 6.07) is 12.1. The Balaban J connectivity index is 2.86. The molecule has 0 aromatic heterocycles. The molecule has 0 radical (unpaired) electrons. The molecule has 0 heterocycles. The first kappa shape index (κ1) is 15.0. The van der Waals surface area contributed by atoms with E-state index in [2.05, 4.69) is 11.4 Å². The van der Waals surface area contributed by atoms with E-state index in [1.54, 1.807) is 25.7 Å². The van der Waals surface area contributed by atoms with Crippen molar-refractivity contribution in [1.82, 2.24) is 5.32 Å². The van der Waals surface area contributed by atoms with E-state index in [9.17, 15) is 10.4 Å². The van der Waals surface area contributed by atoms with Gasteiger partial charge in [-0.25, -0.2) is 0 Å². The van der Waals surface area contributed by atoms with E-state index in [-0.39, 0.29) is 11.4 Å². The number of hydrogen-bond donors (Lipinski definition) is 2. The number of aliphatic hydroxyl groups excluding tert-OH is 1. The topological polar surface area (TPSA) is 56.0 Å². The van der Waals surface area contributed by atoms with Crippen LogP contribution >= 0.6 is 11.8 Å². The highest BCUT2D eigenvalue weighted by Crippen LogP contribution is 2.27. The van der Waals surface area contributed by atoms with Crippen molar-refractivity contribution in [3.63, 3.8) is 0 Å². The van der Waals surface area contributed by atoms with Crippen LogP contribution in [0.4, 0.5) is 0 Å². The number of nitrogens with one attached hydrogen (secondary N) is 1. The lowest BCUT2D eigenvalue weighted by atomic mass is 9.94. The zero-order valence-electron chi connectivity index (χ0n) is 11.1. The highest BCUT2D eigenvalue weighted by atomic mass is 32.2. The molecule has 1 aromatic carbocycles. The standard InChI is InChI=1S/C14H20N2OS/c1-11(17)12(2)18-10-14(9-15,16-3)13-7-5-4-6-8-13/h4-8,11-12,16-17H,10H2,1-3H3. The van der Waals surface area contributed by atoms with Crippen LogP contribution in [-0.2, 0) is 5.54 Å². The maximum absolute atomic E-state index is 9.51. The van der Waals surface area contributed by atoms with Gasteiger partial charge in [-0.05, 0) is 19.5 Å². The second kappa shape index (κ2) is 6.79. The number of benzene rings is 1. The number of rotatable bonds is 6. The zero-order chi connectivity index (χ0) is 13.6. The summed E-state index contributed by atoms with van der Waals surface area (Å²) in [6.07, 6.45) is -0.376. The normalized spacial score (nSPS) is 17.5. The van der Waals surface area contributed by atoms with E-state index in [0.29, 0.717) is 5.75 Å². The molecule has 98 valence electrons. The summed E-state index contributed by atoms with van der Waals surface area (Å²) < 4.78 is 0. The second-order valence-corrected chi connectivity index (χ2v) is 5.76. The van der Waals surface area contributed by atoms with Crippen molar-refractivity contribution in [2.24, 2.45) is 0 Å². The molecule has 0 saturated heterocycles. The Morgan fingerprint density at radius 1 is 1.39 bits per heavy atom. The highest BCUT2D eigenvalue weighted by Gasteiger charge is 2.31. The Kier molecular flexibility index (Phi) is 5.67. The van der Waals surface area contributed by atoms with E-state index in [4.69, 9.17) is 0 Å². The Hall–Kier alpha value is -1.02. The Morgan fingerprint density at radius 3 is 2.44 bits per heavy atom. The fourth-order valence-electron chi connectivity index (χ4n) is 1.57. The van der Waals surface area contributed by atoms with Crippen LogP contribution in [-0.4, -0.2) is 29.3 Å². The van der Waals surface area contributed by atoms with Crippen molar-refractivity contribution >= 4 is 11.8 Å². The molecule has 0 fully saturated rings. The fourth-order valence-corrected chi connectivity index (χ4v) is 2.74. The van der Waals surface area contributed by atoms with Crippen LogP contribution in [0, 0.1) is 11.3 Å². The third-order valence-corrected chi connectivity index (χ3v) is 4.65. The number of nitriles is 1. The molecule has 0 spiro atoms. The third-order valence-electron chi connectivity index (χ3n) is 3.13. The minimum atomic E-state index is -0.699. The van der Waals surface area contributed by atoms with Gasteiger partial charge in [0, 0.05) is 11.0 Å². The third kappa shape index (κ3) is 3.49. The molecule has 3 nitrogen and oxygen atoms in total. The average Bonchev–Trinajstić information content (AvgIpc) is 2.41. The summed E-state index contributed by atoms with van der Waals surface area (Å²) in [5, 5.41) is 22.2. The lowest BCUT2D eigenvalue weighted by Crippen LogP contribution is -2.41. The van der Waals surface area contributed by atoms with Crippen molar-refractivity contribution in [2.75, 3.05) is 12.8 Å². The SMILES string of the molecule is CNC(C#N)(CSC(C)C(C)O)c1ccccc1. The van der Waals surface area contributed by atoms with Crippen LogP contribution in [0.25, 0.3) is 0 Å². The molecule has 0 aliphatic heterocycles. The quantitative estimate of drug-likeness (QED) is 0.826. The molecule has 4 heteroatoms. The Bertz CT molecular complexity index is 402. The minimum absolute atomic E-state index is 0.106. The van der Waals surface area contributed by atoms with Gasteiger partial charge in [0.1, 0.15) is 5.54 Å². The summed E-state index contributed by atoms with van der Waals surface area (Å²) in [5.74, 6) is 0.607. The van der Waals surface area contributed by atoms with E-state index >= 15 is 0 Å². The predicted octanol–water partition coefficient (Wildman–Crippen LogP) is 2.13. The summed E-state index contributed by atoms with van der Waals surface area (Å²) in [7, 11) is 1.80. The first-order valence-corrected chi connectivity index (χ1v) is 7.06. The molecule has 0 saturated carbocycles. The molecule has 18 heavy (non-hydrogen) atoms. The van der Waals surface area contributed by atoms with Gasteiger partial charge in [-0.15, -0.1) is 0 Å². The number of thioether (sulfide) groups is 1. The first-order valence-electron chi connectivity index (χ1n) is 6.01. The predicted molar refractivity (Wildman–Crippen MR) is 76.4 cm³/mol. The molecule has 3 unspecified atom stereocenters. The molecular formula is C14H20N2OS. The van der Waals surface area contributed by atoms with Gasteiger partial charge in [0.05, 0.1) is 12.2 Å². The largest absolute Gasteiger partial charge is 0.392 e. The van der Waals surface area contributed by atoms with E-state index in [1.165, 1.54) is 0 Å². The maximum atomic E-state index is 9.51. The van der Waals surface area contributed by atoms with Crippen molar-refractivity contribution in [3.8, 4) is 6.07 Å². The second-order valence-electron chi connectivity index (χ2n) is 4.39. The monoisotopic (exact) mass is 264 g/mol. The molecule has 0 amide bonds. The van der Waals surface area contributed by atoms with Gasteiger partial charge < -0.3 is 5.11 Å². The lowest BCUT2D eigenvalue weighted by Gasteiger charge is -2.28. The smallest absolute Gasteiger partial charge is 0.141 e. The zero-order valence-corrected chi connectivity index (χ0v) is 11.9. The van der Waals surface area contributed by atoms with Gasteiger partial charge in [0.2, 0.25) is 0 Å². The maximum Gasteiger partial charge on any atom is 0.141 e. The van der Waals surface area contributed by atoms with Gasteiger partial charge in [0.25, 0.3) is 0 Å².